The molecule has 0 fully saturated rings. The third-order valence-corrected chi connectivity index (χ3v) is 4.69. The van der Waals surface area contributed by atoms with Crippen LogP contribution in [0.3, 0.4) is 0 Å². The fraction of sp³-hybridized carbons (Fsp3) is 0.304. The molecular formula is C23H25FN2O4. The Morgan fingerprint density at radius 2 is 1.67 bits per heavy atom. The number of hydrogen-bond donors (Lipinski definition) is 1. The number of carbonyl (C=O) groups is 2. The van der Waals surface area contributed by atoms with E-state index in [1.807, 2.05) is 13.8 Å². The van der Waals surface area contributed by atoms with Crippen molar-refractivity contribution in [2.75, 3.05) is 31.7 Å². The molecule has 1 aliphatic rings. The van der Waals surface area contributed by atoms with E-state index in [9.17, 15) is 19.1 Å². The Balaban J connectivity index is 1.96. The SMILES string of the molecule is CC(C)COc1ccc(N2C(=O)C(c3ccc(F)cc3)=C(N(C)CCO)C2=O)cc1. The third-order valence-electron chi connectivity index (χ3n) is 4.69. The number of rotatable bonds is 8. The van der Waals surface area contributed by atoms with Crippen molar-refractivity contribution in [3.05, 3.63) is 65.6 Å². The van der Waals surface area contributed by atoms with Crippen molar-refractivity contribution in [3.8, 4) is 5.75 Å². The van der Waals surface area contributed by atoms with E-state index in [4.69, 9.17) is 4.74 Å². The average molecular weight is 412 g/mol. The van der Waals surface area contributed by atoms with E-state index in [1.54, 1.807) is 36.2 Å². The molecule has 1 heterocycles. The van der Waals surface area contributed by atoms with Crippen LogP contribution in [0.5, 0.6) is 5.75 Å². The first kappa shape index (κ1) is 21.5. The summed E-state index contributed by atoms with van der Waals surface area (Å²) in [4.78, 5) is 29.1. The summed E-state index contributed by atoms with van der Waals surface area (Å²) in [6.07, 6.45) is 0. The zero-order chi connectivity index (χ0) is 21.8. The summed E-state index contributed by atoms with van der Waals surface area (Å²) in [5.74, 6) is -0.405. The molecule has 0 unspecified atom stereocenters. The molecule has 1 aliphatic heterocycles. The molecule has 0 atom stereocenters. The lowest BCUT2D eigenvalue weighted by atomic mass is 10.0. The van der Waals surface area contributed by atoms with E-state index < -0.39 is 17.6 Å². The number of likely N-dealkylation sites (N-methyl/N-ethyl adjacent to an activating group) is 1. The predicted octanol–water partition coefficient (Wildman–Crippen LogP) is 3.07. The Kier molecular flexibility index (Phi) is 6.52. The zero-order valence-electron chi connectivity index (χ0n) is 17.3. The lowest BCUT2D eigenvalue weighted by molar-refractivity contribution is -0.120. The molecule has 30 heavy (non-hydrogen) atoms. The Hall–Kier alpha value is -3.19. The molecule has 2 aromatic carbocycles. The second-order valence-corrected chi connectivity index (χ2v) is 7.52. The van der Waals surface area contributed by atoms with Gasteiger partial charge in [-0.15, -0.1) is 0 Å². The number of amides is 2. The van der Waals surface area contributed by atoms with Crippen LogP contribution in [-0.2, 0) is 9.59 Å². The van der Waals surface area contributed by atoms with Crippen LogP contribution >= 0.6 is 0 Å². The van der Waals surface area contributed by atoms with Gasteiger partial charge in [-0.3, -0.25) is 9.59 Å². The van der Waals surface area contributed by atoms with Gasteiger partial charge in [-0.25, -0.2) is 9.29 Å². The van der Waals surface area contributed by atoms with Gasteiger partial charge in [0.2, 0.25) is 0 Å². The highest BCUT2D eigenvalue weighted by molar-refractivity contribution is 6.45. The Bertz CT molecular complexity index is 952. The van der Waals surface area contributed by atoms with Gasteiger partial charge in [-0.05, 0) is 47.9 Å². The summed E-state index contributed by atoms with van der Waals surface area (Å²) in [7, 11) is 1.63. The number of imide groups is 1. The van der Waals surface area contributed by atoms with E-state index in [0.29, 0.717) is 29.5 Å². The Labute approximate surface area is 175 Å². The lowest BCUT2D eigenvalue weighted by Gasteiger charge is -2.20. The first-order valence-corrected chi connectivity index (χ1v) is 9.77. The van der Waals surface area contributed by atoms with E-state index >= 15 is 0 Å². The number of aliphatic hydroxyl groups is 1. The second-order valence-electron chi connectivity index (χ2n) is 7.52. The third kappa shape index (κ3) is 4.36. The molecule has 158 valence electrons. The van der Waals surface area contributed by atoms with Gasteiger partial charge >= 0.3 is 0 Å². The van der Waals surface area contributed by atoms with Crippen molar-refractivity contribution in [1.82, 2.24) is 4.90 Å². The molecule has 0 spiro atoms. The van der Waals surface area contributed by atoms with Crippen LogP contribution in [-0.4, -0.2) is 48.6 Å². The normalized spacial score (nSPS) is 14.1. The number of anilines is 1. The maximum Gasteiger partial charge on any atom is 0.282 e. The summed E-state index contributed by atoms with van der Waals surface area (Å²) < 4.78 is 19.0. The van der Waals surface area contributed by atoms with Crippen LogP contribution in [0, 0.1) is 11.7 Å². The first-order chi connectivity index (χ1) is 14.3. The number of nitrogens with zero attached hydrogens (tertiary/aromatic N) is 2. The topological polar surface area (TPSA) is 70.1 Å². The average Bonchev–Trinajstić information content (AvgIpc) is 2.98. The number of hydrogen-bond acceptors (Lipinski definition) is 5. The number of aliphatic hydroxyl groups excluding tert-OH is 1. The van der Waals surface area contributed by atoms with Crippen LogP contribution in [0.25, 0.3) is 5.57 Å². The maximum absolute atomic E-state index is 13.4. The number of carbonyl (C=O) groups excluding carboxylic acids is 2. The van der Waals surface area contributed by atoms with Crippen LogP contribution in [0.15, 0.2) is 54.2 Å². The molecule has 0 saturated heterocycles. The van der Waals surface area contributed by atoms with Gasteiger partial charge in [-0.1, -0.05) is 26.0 Å². The van der Waals surface area contributed by atoms with Crippen molar-refractivity contribution in [3.63, 3.8) is 0 Å². The van der Waals surface area contributed by atoms with Crippen molar-refractivity contribution >= 4 is 23.1 Å². The molecule has 0 bridgehead atoms. The fourth-order valence-electron chi connectivity index (χ4n) is 3.20. The van der Waals surface area contributed by atoms with Gasteiger partial charge in [0.15, 0.2) is 0 Å². The Morgan fingerprint density at radius 1 is 1.03 bits per heavy atom. The van der Waals surface area contributed by atoms with Gasteiger partial charge in [0.05, 0.1) is 24.5 Å². The minimum absolute atomic E-state index is 0.167. The number of ether oxygens (including phenoxy) is 1. The summed E-state index contributed by atoms with van der Waals surface area (Å²) in [6, 6.07) is 12.2. The molecular weight excluding hydrogens is 387 g/mol. The molecule has 2 aromatic rings. The van der Waals surface area contributed by atoms with Gasteiger partial charge in [-0.2, -0.15) is 0 Å². The van der Waals surface area contributed by atoms with Gasteiger partial charge < -0.3 is 14.7 Å². The lowest BCUT2D eigenvalue weighted by Crippen LogP contribution is -2.34. The molecule has 0 saturated carbocycles. The Morgan fingerprint density at radius 3 is 2.23 bits per heavy atom. The van der Waals surface area contributed by atoms with Crippen LogP contribution < -0.4 is 9.64 Å². The highest BCUT2D eigenvalue weighted by Crippen LogP contribution is 2.35. The largest absolute Gasteiger partial charge is 0.493 e. The van der Waals surface area contributed by atoms with Crippen molar-refractivity contribution in [2.45, 2.75) is 13.8 Å². The van der Waals surface area contributed by atoms with Crippen molar-refractivity contribution < 1.29 is 23.8 Å². The molecule has 6 nitrogen and oxygen atoms in total. The summed E-state index contributed by atoms with van der Waals surface area (Å²) >= 11 is 0. The number of halogens is 1. The summed E-state index contributed by atoms with van der Waals surface area (Å²) in [6.45, 7) is 4.65. The van der Waals surface area contributed by atoms with E-state index in [0.717, 1.165) is 4.90 Å². The molecule has 0 aliphatic carbocycles. The predicted molar refractivity (Wildman–Crippen MR) is 112 cm³/mol. The summed E-state index contributed by atoms with van der Waals surface area (Å²) in [5.41, 5.74) is 1.19. The second kappa shape index (κ2) is 9.09. The summed E-state index contributed by atoms with van der Waals surface area (Å²) in [5, 5.41) is 9.31. The molecule has 1 N–H and O–H groups in total. The highest BCUT2D eigenvalue weighted by atomic mass is 19.1. The maximum atomic E-state index is 13.4. The molecule has 7 heteroatoms. The fourth-order valence-corrected chi connectivity index (χ4v) is 3.20. The van der Waals surface area contributed by atoms with Crippen LogP contribution in [0.4, 0.5) is 10.1 Å². The minimum atomic E-state index is -0.498. The van der Waals surface area contributed by atoms with Crippen molar-refractivity contribution in [1.29, 1.82) is 0 Å². The molecule has 0 radical (unpaired) electrons. The van der Waals surface area contributed by atoms with Crippen LogP contribution in [0.1, 0.15) is 19.4 Å². The van der Waals surface area contributed by atoms with E-state index in [2.05, 4.69) is 0 Å². The van der Waals surface area contributed by atoms with Crippen LogP contribution in [0.2, 0.25) is 0 Å². The van der Waals surface area contributed by atoms with E-state index in [-0.39, 0.29) is 24.4 Å². The molecule has 2 amide bonds. The highest BCUT2D eigenvalue weighted by Gasteiger charge is 2.41. The smallest absolute Gasteiger partial charge is 0.282 e. The monoisotopic (exact) mass is 412 g/mol. The zero-order valence-corrected chi connectivity index (χ0v) is 17.3. The van der Waals surface area contributed by atoms with Gasteiger partial charge in [0, 0.05) is 13.6 Å². The minimum Gasteiger partial charge on any atom is -0.493 e. The van der Waals surface area contributed by atoms with Gasteiger partial charge in [0.25, 0.3) is 11.8 Å². The quantitative estimate of drug-likeness (QED) is 0.675. The standard InChI is InChI=1S/C23H25FN2O4/c1-15(2)14-30-19-10-8-18(9-11-19)26-22(28)20(16-4-6-17(24)7-5-16)21(23(26)29)25(3)12-13-27/h4-11,15,27H,12-14H2,1-3H3. The van der Waals surface area contributed by atoms with Gasteiger partial charge in [0.1, 0.15) is 17.3 Å². The van der Waals surface area contributed by atoms with E-state index in [1.165, 1.54) is 24.3 Å². The molecule has 0 aromatic heterocycles. The number of benzene rings is 2. The molecule has 3 rings (SSSR count). The first-order valence-electron chi connectivity index (χ1n) is 9.77. The van der Waals surface area contributed by atoms with Crippen molar-refractivity contribution in [2.24, 2.45) is 5.92 Å².